The fourth-order valence-corrected chi connectivity index (χ4v) is 1.87. The third-order valence-corrected chi connectivity index (χ3v) is 3.11. The third kappa shape index (κ3) is 4.44. The number of methoxy groups -OCH3 is 1. The summed E-state index contributed by atoms with van der Waals surface area (Å²) in [5.41, 5.74) is 1.19. The van der Waals surface area contributed by atoms with Gasteiger partial charge in [-0.15, -0.1) is 0 Å². The Morgan fingerprint density at radius 2 is 1.52 bits per heavy atom. The summed E-state index contributed by atoms with van der Waals surface area (Å²) in [7, 11) is 1.54. The van der Waals surface area contributed by atoms with E-state index in [1.54, 1.807) is 55.6 Å². The molecule has 0 spiro atoms. The van der Waals surface area contributed by atoms with Gasteiger partial charge in [-0.3, -0.25) is 4.79 Å². The minimum Gasteiger partial charge on any atom is -0.497 e. The lowest BCUT2D eigenvalue weighted by Crippen LogP contribution is -2.07. The summed E-state index contributed by atoms with van der Waals surface area (Å²) in [6.45, 7) is 1.47. The molecule has 0 aliphatic heterocycles. The highest BCUT2D eigenvalue weighted by molar-refractivity contribution is 5.94. The Morgan fingerprint density at radius 3 is 2.00 bits per heavy atom. The number of ketones is 1. The van der Waals surface area contributed by atoms with E-state index in [2.05, 4.69) is 0 Å². The molecule has 0 fully saturated rings. The van der Waals surface area contributed by atoms with Crippen LogP contribution in [0.1, 0.15) is 22.8 Å². The van der Waals surface area contributed by atoms with Crippen LogP contribution < -0.4 is 9.47 Å². The van der Waals surface area contributed by atoms with Crippen molar-refractivity contribution in [1.29, 1.82) is 0 Å². The average Bonchev–Trinajstić information content (AvgIpc) is 2.55. The molecule has 0 heterocycles. The molecule has 1 N–H and O–H groups in total. The van der Waals surface area contributed by atoms with Gasteiger partial charge in [0.1, 0.15) is 11.5 Å². The zero-order chi connectivity index (χ0) is 16.8. The number of carbonyl (C=O) groups excluding carboxylic acids is 1. The maximum atomic E-state index is 11.3. The van der Waals surface area contributed by atoms with E-state index in [0.29, 0.717) is 22.6 Å². The fourth-order valence-electron chi connectivity index (χ4n) is 1.87. The molecule has 0 amide bonds. The van der Waals surface area contributed by atoms with Gasteiger partial charge < -0.3 is 14.6 Å². The van der Waals surface area contributed by atoms with E-state index in [4.69, 9.17) is 9.47 Å². The Morgan fingerprint density at radius 1 is 0.957 bits per heavy atom. The minimum atomic E-state index is -1.18. The molecule has 0 aliphatic rings. The van der Waals surface area contributed by atoms with Crippen LogP contribution in [0.25, 0.3) is 6.08 Å². The van der Waals surface area contributed by atoms with Gasteiger partial charge in [-0.05, 0) is 42.8 Å². The standard InChI is InChI=1S/C18H16O5/c1-12(19)14-5-3-13(4-6-14)11-17(18(20)21)23-16-9-7-15(22-2)8-10-16/h3-11H,1-2H3,(H,20,21). The van der Waals surface area contributed by atoms with Crippen molar-refractivity contribution in [3.05, 3.63) is 65.4 Å². The van der Waals surface area contributed by atoms with Crippen molar-refractivity contribution in [3.63, 3.8) is 0 Å². The van der Waals surface area contributed by atoms with Crippen LogP contribution in [-0.2, 0) is 4.79 Å². The van der Waals surface area contributed by atoms with Gasteiger partial charge in [0.05, 0.1) is 7.11 Å². The largest absolute Gasteiger partial charge is 0.497 e. The van der Waals surface area contributed by atoms with Gasteiger partial charge >= 0.3 is 5.97 Å². The number of aliphatic carboxylic acids is 1. The molecule has 0 atom stereocenters. The molecule has 23 heavy (non-hydrogen) atoms. The Hall–Kier alpha value is -3.08. The molecule has 2 aromatic carbocycles. The van der Waals surface area contributed by atoms with Crippen molar-refractivity contribution in [1.82, 2.24) is 0 Å². The van der Waals surface area contributed by atoms with Gasteiger partial charge in [-0.2, -0.15) is 0 Å². The predicted octanol–water partition coefficient (Wildman–Crippen LogP) is 3.40. The number of carboxylic acid groups (broad SMARTS) is 1. The van der Waals surface area contributed by atoms with Crippen molar-refractivity contribution in [2.24, 2.45) is 0 Å². The molecule has 2 rings (SSSR count). The fraction of sp³-hybridized carbons (Fsp3) is 0.111. The third-order valence-electron chi connectivity index (χ3n) is 3.11. The van der Waals surface area contributed by atoms with Gasteiger partial charge in [0.25, 0.3) is 0 Å². The lowest BCUT2D eigenvalue weighted by molar-refractivity contribution is -0.134. The molecular formula is C18H16O5. The van der Waals surface area contributed by atoms with Gasteiger partial charge in [0.2, 0.25) is 5.76 Å². The van der Waals surface area contributed by atoms with E-state index >= 15 is 0 Å². The van der Waals surface area contributed by atoms with Gasteiger partial charge in [-0.1, -0.05) is 24.3 Å². The highest BCUT2D eigenvalue weighted by Gasteiger charge is 2.11. The molecule has 0 unspecified atom stereocenters. The quantitative estimate of drug-likeness (QED) is 0.503. The number of Topliss-reactive ketones (excluding diaryl/α,β-unsaturated/α-hetero) is 1. The summed E-state index contributed by atoms with van der Waals surface area (Å²) in [6, 6.07) is 13.2. The summed E-state index contributed by atoms with van der Waals surface area (Å²) in [5, 5.41) is 9.27. The van der Waals surface area contributed by atoms with E-state index < -0.39 is 5.97 Å². The first-order valence-electron chi connectivity index (χ1n) is 6.87. The zero-order valence-corrected chi connectivity index (χ0v) is 12.8. The second kappa shape index (κ2) is 7.26. The number of hydrogen-bond donors (Lipinski definition) is 1. The topological polar surface area (TPSA) is 72.8 Å². The van der Waals surface area contributed by atoms with Crippen LogP contribution in [-0.4, -0.2) is 24.0 Å². The van der Waals surface area contributed by atoms with Gasteiger partial charge in [-0.25, -0.2) is 4.79 Å². The lowest BCUT2D eigenvalue weighted by Gasteiger charge is -2.07. The van der Waals surface area contributed by atoms with Gasteiger partial charge in [0.15, 0.2) is 5.78 Å². The van der Waals surface area contributed by atoms with Crippen molar-refractivity contribution in [2.45, 2.75) is 6.92 Å². The van der Waals surface area contributed by atoms with E-state index in [1.165, 1.54) is 13.0 Å². The molecule has 5 heteroatoms. The first-order chi connectivity index (χ1) is 11.0. The Labute approximate surface area is 133 Å². The maximum Gasteiger partial charge on any atom is 0.371 e. The first kappa shape index (κ1) is 16.3. The van der Waals surface area contributed by atoms with E-state index in [1.807, 2.05) is 0 Å². The van der Waals surface area contributed by atoms with Crippen LogP contribution in [0.5, 0.6) is 11.5 Å². The van der Waals surface area contributed by atoms with Crippen LogP contribution in [0, 0.1) is 0 Å². The second-order valence-corrected chi connectivity index (χ2v) is 4.77. The Kier molecular flexibility index (Phi) is 5.15. The summed E-state index contributed by atoms with van der Waals surface area (Å²) in [4.78, 5) is 22.6. The SMILES string of the molecule is COc1ccc(OC(=Cc2ccc(C(C)=O)cc2)C(=O)O)cc1. The normalized spacial score (nSPS) is 11.0. The molecule has 0 bridgehead atoms. The number of rotatable bonds is 6. The van der Waals surface area contributed by atoms with Crippen LogP contribution in [0.15, 0.2) is 54.3 Å². The molecule has 0 radical (unpaired) electrons. The minimum absolute atomic E-state index is 0.0477. The van der Waals surface area contributed by atoms with Crippen LogP contribution in [0.3, 0.4) is 0 Å². The van der Waals surface area contributed by atoms with Crippen molar-refractivity contribution < 1.29 is 24.2 Å². The highest BCUT2D eigenvalue weighted by atomic mass is 16.5. The molecule has 0 aliphatic carbocycles. The average molecular weight is 312 g/mol. The lowest BCUT2D eigenvalue weighted by atomic mass is 10.1. The van der Waals surface area contributed by atoms with Crippen LogP contribution in [0.4, 0.5) is 0 Å². The Bertz CT molecular complexity index is 727. The van der Waals surface area contributed by atoms with Crippen molar-refractivity contribution in [2.75, 3.05) is 7.11 Å². The maximum absolute atomic E-state index is 11.3. The molecule has 0 saturated heterocycles. The highest BCUT2D eigenvalue weighted by Crippen LogP contribution is 2.20. The predicted molar refractivity (Wildman–Crippen MR) is 85.7 cm³/mol. The first-order valence-corrected chi connectivity index (χ1v) is 6.87. The number of ether oxygens (including phenoxy) is 2. The summed E-state index contributed by atoms with van der Waals surface area (Å²) >= 11 is 0. The summed E-state index contributed by atoms with van der Waals surface area (Å²) < 4.78 is 10.4. The molecule has 0 saturated carbocycles. The Balaban J connectivity index is 2.22. The van der Waals surface area contributed by atoms with Crippen molar-refractivity contribution >= 4 is 17.8 Å². The smallest absolute Gasteiger partial charge is 0.371 e. The van der Waals surface area contributed by atoms with Crippen molar-refractivity contribution in [3.8, 4) is 11.5 Å². The van der Waals surface area contributed by atoms with Crippen LogP contribution >= 0.6 is 0 Å². The number of hydrogen-bond acceptors (Lipinski definition) is 4. The monoisotopic (exact) mass is 312 g/mol. The number of carbonyl (C=O) groups is 2. The zero-order valence-electron chi connectivity index (χ0n) is 12.8. The molecular weight excluding hydrogens is 296 g/mol. The number of benzene rings is 2. The van der Waals surface area contributed by atoms with E-state index in [-0.39, 0.29) is 11.5 Å². The summed E-state index contributed by atoms with van der Waals surface area (Å²) in [6.07, 6.45) is 1.40. The van der Waals surface area contributed by atoms with E-state index in [9.17, 15) is 14.7 Å². The summed E-state index contributed by atoms with van der Waals surface area (Å²) in [5.74, 6) is -0.409. The van der Waals surface area contributed by atoms with Gasteiger partial charge in [0, 0.05) is 5.56 Å². The van der Waals surface area contributed by atoms with Crippen LogP contribution in [0.2, 0.25) is 0 Å². The molecule has 118 valence electrons. The molecule has 0 aromatic heterocycles. The molecule has 2 aromatic rings. The molecule has 5 nitrogen and oxygen atoms in total. The van der Waals surface area contributed by atoms with E-state index in [0.717, 1.165) is 0 Å². The number of carboxylic acids is 1. The second-order valence-electron chi connectivity index (χ2n) is 4.77.